The Morgan fingerprint density at radius 2 is 1.13 bits per heavy atom. The zero-order chi connectivity index (χ0) is 22.0. The highest BCUT2D eigenvalue weighted by atomic mass is 16.6. The molecule has 0 saturated carbocycles. The molecular weight excluding hydrogens is 380 g/mol. The van der Waals surface area contributed by atoms with Crippen LogP contribution < -0.4 is 14.2 Å². The Morgan fingerprint density at radius 1 is 0.667 bits per heavy atom. The molecule has 0 unspecified atom stereocenters. The van der Waals surface area contributed by atoms with Crippen molar-refractivity contribution in [3.8, 4) is 17.2 Å². The molecule has 0 N–H and O–H groups in total. The van der Waals surface area contributed by atoms with Crippen molar-refractivity contribution in [1.29, 1.82) is 0 Å². The minimum Gasteiger partial charge on any atom is -0.497 e. The lowest BCUT2D eigenvalue weighted by atomic mass is 10.1. The van der Waals surface area contributed by atoms with Crippen LogP contribution in [0.25, 0.3) is 0 Å². The predicted octanol–water partition coefficient (Wildman–Crippen LogP) is 7.01. The van der Waals surface area contributed by atoms with Crippen LogP contribution in [0.3, 0.4) is 0 Å². The summed E-state index contributed by atoms with van der Waals surface area (Å²) < 4.78 is 16.2. The zero-order valence-corrected chi connectivity index (χ0v) is 19.2. The van der Waals surface area contributed by atoms with Crippen LogP contribution in [0.4, 0.5) is 0 Å². The fourth-order valence-corrected chi connectivity index (χ4v) is 3.23. The molecule has 0 amide bonds. The number of carbonyl (C=O) groups excluding carboxylic acids is 2. The SMILES string of the molecule is CCCCCCCCC(=O)Oc1ccc(OC)cc1OC(=O)CCCCCCCC. The fraction of sp³-hybridized carbons (Fsp3) is 0.680. The van der Waals surface area contributed by atoms with Crippen molar-refractivity contribution in [2.45, 2.75) is 104 Å². The molecule has 0 spiro atoms. The van der Waals surface area contributed by atoms with Crippen LogP contribution in [0.15, 0.2) is 18.2 Å². The first-order valence-electron chi connectivity index (χ1n) is 11.7. The van der Waals surface area contributed by atoms with Crippen LogP contribution in [0, 0.1) is 0 Å². The van der Waals surface area contributed by atoms with Gasteiger partial charge >= 0.3 is 11.9 Å². The Kier molecular flexibility index (Phi) is 14.5. The van der Waals surface area contributed by atoms with E-state index >= 15 is 0 Å². The molecule has 30 heavy (non-hydrogen) atoms. The summed E-state index contributed by atoms with van der Waals surface area (Å²) in [6, 6.07) is 4.90. The highest BCUT2D eigenvalue weighted by Crippen LogP contribution is 2.32. The van der Waals surface area contributed by atoms with Gasteiger partial charge in [0.1, 0.15) is 5.75 Å². The van der Waals surface area contributed by atoms with Crippen molar-refractivity contribution in [3.05, 3.63) is 18.2 Å². The summed E-state index contributed by atoms with van der Waals surface area (Å²) in [5.74, 6) is 0.439. The first-order valence-corrected chi connectivity index (χ1v) is 11.7. The fourth-order valence-electron chi connectivity index (χ4n) is 3.23. The molecular formula is C25H40O5. The van der Waals surface area contributed by atoms with E-state index in [0.717, 1.165) is 38.5 Å². The Morgan fingerprint density at radius 3 is 1.63 bits per heavy atom. The van der Waals surface area contributed by atoms with E-state index < -0.39 is 0 Å². The quantitative estimate of drug-likeness (QED) is 0.154. The number of unbranched alkanes of at least 4 members (excludes halogenated alkanes) is 10. The summed E-state index contributed by atoms with van der Waals surface area (Å²) in [5, 5.41) is 0. The zero-order valence-electron chi connectivity index (χ0n) is 19.2. The molecule has 0 atom stereocenters. The van der Waals surface area contributed by atoms with Crippen molar-refractivity contribution >= 4 is 11.9 Å². The topological polar surface area (TPSA) is 61.8 Å². The molecule has 0 aliphatic heterocycles. The summed E-state index contributed by atoms with van der Waals surface area (Å²) in [4.78, 5) is 24.4. The number of hydrogen-bond acceptors (Lipinski definition) is 5. The van der Waals surface area contributed by atoms with Gasteiger partial charge in [-0.3, -0.25) is 9.59 Å². The Hall–Kier alpha value is -2.04. The largest absolute Gasteiger partial charge is 0.497 e. The van der Waals surface area contributed by atoms with Crippen LogP contribution in [-0.2, 0) is 9.59 Å². The normalized spacial score (nSPS) is 10.6. The van der Waals surface area contributed by atoms with Crippen LogP contribution >= 0.6 is 0 Å². The van der Waals surface area contributed by atoms with Gasteiger partial charge < -0.3 is 14.2 Å². The molecule has 5 heteroatoms. The lowest BCUT2D eigenvalue weighted by Gasteiger charge is -2.12. The number of methoxy groups -OCH3 is 1. The Bertz CT molecular complexity index is 612. The monoisotopic (exact) mass is 420 g/mol. The standard InChI is InChI=1S/C25H40O5/c1-4-6-8-10-12-14-16-24(26)29-22-19-18-21(28-3)20-23(22)30-25(27)17-15-13-11-9-7-5-2/h18-20H,4-17H2,1-3H3. The third kappa shape index (κ3) is 11.8. The molecule has 0 aliphatic rings. The predicted molar refractivity (Wildman–Crippen MR) is 120 cm³/mol. The number of ether oxygens (including phenoxy) is 3. The molecule has 0 aromatic heterocycles. The van der Waals surface area contributed by atoms with E-state index in [0.29, 0.717) is 18.6 Å². The van der Waals surface area contributed by atoms with Crippen molar-refractivity contribution < 1.29 is 23.8 Å². The molecule has 1 aromatic rings. The first-order chi connectivity index (χ1) is 14.6. The van der Waals surface area contributed by atoms with E-state index in [1.54, 1.807) is 25.3 Å². The maximum atomic E-state index is 12.2. The van der Waals surface area contributed by atoms with Gasteiger partial charge in [0.2, 0.25) is 0 Å². The minimum absolute atomic E-state index is 0.238. The Balaban J connectivity index is 2.49. The Labute approximate surface area is 182 Å². The molecule has 0 saturated heterocycles. The second kappa shape index (κ2) is 16.7. The molecule has 1 aromatic carbocycles. The van der Waals surface area contributed by atoms with Gasteiger partial charge in [0.25, 0.3) is 0 Å². The summed E-state index contributed by atoms with van der Waals surface area (Å²) in [6.07, 6.45) is 14.0. The van der Waals surface area contributed by atoms with Crippen molar-refractivity contribution in [3.63, 3.8) is 0 Å². The van der Waals surface area contributed by atoms with Crippen molar-refractivity contribution in [2.24, 2.45) is 0 Å². The highest BCUT2D eigenvalue weighted by molar-refractivity contribution is 5.76. The third-order valence-corrected chi connectivity index (χ3v) is 5.07. The second-order valence-corrected chi connectivity index (χ2v) is 7.80. The maximum Gasteiger partial charge on any atom is 0.311 e. The summed E-state index contributed by atoms with van der Waals surface area (Å²) in [6.45, 7) is 4.37. The summed E-state index contributed by atoms with van der Waals surface area (Å²) in [7, 11) is 1.54. The molecule has 0 bridgehead atoms. The number of hydrogen-bond donors (Lipinski definition) is 0. The molecule has 170 valence electrons. The summed E-state index contributed by atoms with van der Waals surface area (Å²) in [5.41, 5.74) is 0. The molecule has 0 radical (unpaired) electrons. The second-order valence-electron chi connectivity index (χ2n) is 7.80. The molecule has 0 heterocycles. The lowest BCUT2D eigenvalue weighted by Crippen LogP contribution is -2.12. The number of esters is 2. The average Bonchev–Trinajstić information content (AvgIpc) is 2.74. The minimum atomic E-state index is -0.313. The van der Waals surface area contributed by atoms with E-state index in [2.05, 4.69) is 13.8 Å². The first kappa shape index (κ1) is 26.0. The average molecular weight is 421 g/mol. The van der Waals surface area contributed by atoms with E-state index in [1.165, 1.54) is 38.5 Å². The summed E-state index contributed by atoms with van der Waals surface area (Å²) >= 11 is 0. The van der Waals surface area contributed by atoms with E-state index in [4.69, 9.17) is 14.2 Å². The van der Waals surface area contributed by atoms with Gasteiger partial charge in [0.05, 0.1) is 7.11 Å². The van der Waals surface area contributed by atoms with Crippen molar-refractivity contribution in [2.75, 3.05) is 7.11 Å². The third-order valence-electron chi connectivity index (χ3n) is 5.07. The van der Waals surface area contributed by atoms with Gasteiger partial charge in [-0.1, -0.05) is 78.1 Å². The smallest absolute Gasteiger partial charge is 0.311 e. The van der Waals surface area contributed by atoms with E-state index in [1.807, 2.05) is 0 Å². The van der Waals surface area contributed by atoms with Gasteiger partial charge in [0.15, 0.2) is 11.5 Å². The molecule has 0 fully saturated rings. The lowest BCUT2D eigenvalue weighted by molar-refractivity contribution is -0.137. The highest BCUT2D eigenvalue weighted by Gasteiger charge is 2.15. The van der Waals surface area contributed by atoms with Crippen LogP contribution in [0.2, 0.25) is 0 Å². The number of carbonyl (C=O) groups is 2. The van der Waals surface area contributed by atoms with Crippen molar-refractivity contribution in [1.82, 2.24) is 0 Å². The van der Waals surface area contributed by atoms with Gasteiger partial charge in [-0.2, -0.15) is 0 Å². The number of benzene rings is 1. The number of rotatable bonds is 17. The van der Waals surface area contributed by atoms with E-state index in [9.17, 15) is 9.59 Å². The van der Waals surface area contributed by atoms with Crippen LogP contribution in [0.5, 0.6) is 17.2 Å². The van der Waals surface area contributed by atoms with Gasteiger partial charge in [-0.05, 0) is 25.0 Å². The molecule has 1 rings (SSSR count). The molecule has 0 aliphatic carbocycles. The molecule has 5 nitrogen and oxygen atoms in total. The van der Waals surface area contributed by atoms with Gasteiger partial charge in [0, 0.05) is 18.9 Å². The maximum absolute atomic E-state index is 12.2. The van der Waals surface area contributed by atoms with Gasteiger partial charge in [-0.25, -0.2) is 0 Å². The van der Waals surface area contributed by atoms with Crippen LogP contribution in [0.1, 0.15) is 104 Å². The van der Waals surface area contributed by atoms with Gasteiger partial charge in [-0.15, -0.1) is 0 Å². The van der Waals surface area contributed by atoms with E-state index in [-0.39, 0.29) is 23.4 Å². The van der Waals surface area contributed by atoms with Crippen LogP contribution in [-0.4, -0.2) is 19.0 Å².